The van der Waals surface area contributed by atoms with E-state index >= 15 is 0 Å². The fourth-order valence-electron chi connectivity index (χ4n) is 3.33. The minimum absolute atomic E-state index is 0.0372. The summed E-state index contributed by atoms with van der Waals surface area (Å²) in [7, 11) is -3.29. The van der Waals surface area contributed by atoms with Crippen molar-refractivity contribution < 1.29 is 13.2 Å². The smallest absolute Gasteiger partial charge is 0.243 e. The molecule has 2 aromatic carbocycles. The van der Waals surface area contributed by atoms with Crippen LogP contribution in [0.2, 0.25) is 0 Å². The van der Waals surface area contributed by atoms with E-state index in [0.717, 1.165) is 11.1 Å². The van der Waals surface area contributed by atoms with Crippen LogP contribution in [0.25, 0.3) is 11.0 Å². The Labute approximate surface area is 172 Å². The van der Waals surface area contributed by atoms with Gasteiger partial charge in [-0.2, -0.15) is 0 Å². The molecule has 3 aromatic rings. The van der Waals surface area contributed by atoms with Crippen LogP contribution in [0.3, 0.4) is 0 Å². The van der Waals surface area contributed by atoms with Gasteiger partial charge in [0, 0.05) is 18.3 Å². The van der Waals surface area contributed by atoms with E-state index in [1.165, 1.54) is 6.26 Å². The van der Waals surface area contributed by atoms with Crippen molar-refractivity contribution in [3.05, 3.63) is 66.0 Å². The van der Waals surface area contributed by atoms with E-state index in [1.54, 1.807) is 4.57 Å². The van der Waals surface area contributed by atoms with Gasteiger partial charge in [-0.15, -0.1) is 0 Å². The first kappa shape index (κ1) is 21.0. The molecule has 0 radical (unpaired) electrons. The van der Waals surface area contributed by atoms with E-state index in [-0.39, 0.29) is 23.7 Å². The predicted molar refractivity (Wildman–Crippen MR) is 115 cm³/mol. The van der Waals surface area contributed by atoms with Gasteiger partial charge in [0.1, 0.15) is 18.1 Å². The summed E-state index contributed by atoms with van der Waals surface area (Å²) in [6.45, 7) is 6.51. The molecular formula is C22H27N3O3S. The topological polar surface area (TPSA) is 72.3 Å². The number of imidazole rings is 1. The van der Waals surface area contributed by atoms with Crippen LogP contribution in [-0.2, 0) is 33.5 Å². The summed E-state index contributed by atoms with van der Waals surface area (Å²) in [6, 6.07) is 17.2. The van der Waals surface area contributed by atoms with Crippen molar-refractivity contribution in [2.45, 2.75) is 45.2 Å². The van der Waals surface area contributed by atoms with Gasteiger partial charge in [0.15, 0.2) is 9.84 Å². The van der Waals surface area contributed by atoms with Crippen molar-refractivity contribution in [1.82, 2.24) is 14.5 Å². The lowest BCUT2D eigenvalue weighted by atomic mass is 10.0. The molecule has 7 heteroatoms. The molecule has 0 fully saturated rings. The Bertz CT molecular complexity index is 1110. The molecule has 0 aliphatic heterocycles. The summed E-state index contributed by atoms with van der Waals surface area (Å²) in [5.74, 6) is 0.0956. The molecular weight excluding hydrogens is 386 g/mol. The highest BCUT2D eigenvalue weighted by atomic mass is 32.2. The molecule has 154 valence electrons. The fraction of sp³-hybridized carbons (Fsp3) is 0.364. The molecule has 0 aliphatic rings. The molecule has 0 aliphatic carbocycles. The summed E-state index contributed by atoms with van der Waals surface area (Å²) in [6.07, 6.45) is 1.18. The second-order valence-electron chi connectivity index (χ2n) is 8.31. The Morgan fingerprint density at radius 1 is 1.03 bits per heavy atom. The van der Waals surface area contributed by atoms with Crippen LogP contribution < -0.4 is 0 Å². The third-order valence-electron chi connectivity index (χ3n) is 4.71. The predicted octanol–water partition coefficient (Wildman–Crippen LogP) is 3.41. The van der Waals surface area contributed by atoms with Crippen LogP contribution in [0.5, 0.6) is 0 Å². The zero-order valence-corrected chi connectivity index (χ0v) is 18.1. The maximum absolute atomic E-state index is 13.4. The molecule has 0 unspecified atom stereocenters. The van der Waals surface area contributed by atoms with Crippen LogP contribution >= 0.6 is 0 Å². The van der Waals surface area contributed by atoms with Gasteiger partial charge in [-0.25, -0.2) is 13.4 Å². The summed E-state index contributed by atoms with van der Waals surface area (Å²) >= 11 is 0. The van der Waals surface area contributed by atoms with E-state index in [9.17, 15) is 13.2 Å². The Morgan fingerprint density at radius 3 is 2.28 bits per heavy atom. The normalized spacial score (nSPS) is 12.3. The second kappa shape index (κ2) is 7.99. The molecule has 1 heterocycles. The van der Waals surface area contributed by atoms with Crippen LogP contribution in [0.15, 0.2) is 54.6 Å². The van der Waals surface area contributed by atoms with Gasteiger partial charge in [0.05, 0.1) is 11.0 Å². The Kier molecular flexibility index (Phi) is 5.80. The number of carbonyl (C=O) groups excluding carboxylic acids is 1. The number of rotatable bonds is 6. The van der Waals surface area contributed by atoms with Gasteiger partial charge in [0.25, 0.3) is 0 Å². The number of hydrogen-bond donors (Lipinski definition) is 0. The van der Waals surface area contributed by atoms with Crippen molar-refractivity contribution in [2.75, 3.05) is 6.26 Å². The zero-order valence-electron chi connectivity index (χ0n) is 17.3. The molecule has 0 N–H and O–H groups in total. The highest BCUT2D eigenvalue weighted by Crippen LogP contribution is 2.22. The number of nitrogens with zero attached hydrogens (tertiary/aromatic N) is 3. The molecule has 0 atom stereocenters. The van der Waals surface area contributed by atoms with Gasteiger partial charge in [-0.1, -0.05) is 42.5 Å². The van der Waals surface area contributed by atoms with Crippen molar-refractivity contribution in [2.24, 2.45) is 0 Å². The SMILES string of the molecule is CC(C)(C)N(Cc1ccccc1)C(=O)Cn1c(CS(C)(=O)=O)nc2ccccc21. The maximum Gasteiger partial charge on any atom is 0.243 e. The average molecular weight is 414 g/mol. The quantitative estimate of drug-likeness (QED) is 0.621. The number of aromatic nitrogens is 2. The molecule has 0 saturated heterocycles. The van der Waals surface area contributed by atoms with Gasteiger partial charge >= 0.3 is 0 Å². The molecule has 1 aromatic heterocycles. The number of benzene rings is 2. The van der Waals surface area contributed by atoms with Gasteiger partial charge in [0.2, 0.25) is 5.91 Å². The first-order valence-corrected chi connectivity index (χ1v) is 11.6. The van der Waals surface area contributed by atoms with E-state index in [2.05, 4.69) is 4.98 Å². The van der Waals surface area contributed by atoms with Crippen LogP contribution in [0.1, 0.15) is 32.2 Å². The number of fused-ring (bicyclic) bond motifs is 1. The molecule has 1 amide bonds. The van der Waals surface area contributed by atoms with Gasteiger partial charge in [-0.3, -0.25) is 4.79 Å². The minimum atomic E-state index is -3.29. The van der Waals surface area contributed by atoms with Crippen LogP contribution in [0.4, 0.5) is 0 Å². The van der Waals surface area contributed by atoms with E-state index in [1.807, 2.05) is 80.3 Å². The molecule has 3 rings (SSSR count). The summed E-state index contributed by atoms with van der Waals surface area (Å²) in [5.41, 5.74) is 2.10. The van der Waals surface area contributed by atoms with Crippen LogP contribution in [-0.4, -0.2) is 40.6 Å². The summed E-state index contributed by atoms with van der Waals surface area (Å²) < 4.78 is 25.5. The average Bonchev–Trinajstić information content (AvgIpc) is 2.95. The monoisotopic (exact) mass is 413 g/mol. The first-order chi connectivity index (χ1) is 13.5. The molecule has 29 heavy (non-hydrogen) atoms. The third kappa shape index (κ3) is 5.23. The number of sulfone groups is 1. The first-order valence-electron chi connectivity index (χ1n) is 9.51. The van der Waals surface area contributed by atoms with E-state index in [4.69, 9.17) is 0 Å². The van der Waals surface area contributed by atoms with Crippen molar-refractivity contribution >= 4 is 26.8 Å². The Balaban J connectivity index is 1.97. The number of amides is 1. The van der Waals surface area contributed by atoms with E-state index < -0.39 is 9.84 Å². The third-order valence-corrected chi connectivity index (χ3v) is 5.50. The summed E-state index contributed by atoms with van der Waals surface area (Å²) in [4.78, 5) is 19.6. The van der Waals surface area contributed by atoms with Crippen molar-refractivity contribution in [1.29, 1.82) is 0 Å². The van der Waals surface area contributed by atoms with Gasteiger partial charge < -0.3 is 9.47 Å². The minimum Gasteiger partial charge on any atom is -0.332 e. The highest BCUT2D eigenvalue weighted by Gasteiger charge is 2.28. The molecule has 0 saturated carbocycles. The number of hydrogen-bond acceptors (Lipinski definition) is 4. The summed E-state index contributed by atoms with van der Waals surface area (Å²) in [5, 5.41) is 0. The Hall–Kier alpha value is -2.67. The fourth-order valence-corrected chi connectivity index (χ4v) is 4.02. The highest BCUT2D eigenvalue weighted by molar-refractivity contribution is 7.89. The van der Waals surface area contributed by atoms with Crippen LogP contribution in [0, 0.1) is 0 Å². The van der Waals surface area contributed by atoms with Crippen molar-refractivity contribution in [3.8, 4) is 0 Å². The standard InChI is InChI=1S/C22H27N3O3S/c1-22(2,3)25(14-17-10-6-5-7-11-17)21(26)15-24-19-13-9-8-12-18(19)23-20(24)16-29(4,27)28/h5-13H,14-16H2,1-4H3. The maximum atomic E-state index is 13.4. The molecule has 0 spiro atoms. The van der Waals surface area contributed by atoms with Crippen molar-refractivity contribution in [3.63, 3.8) is 0 Å². The Morgan fingerprint density at radius 2 is 1.66 bits per heavy atom. The number of para-hydroxylation sites is 2. The largest absolute Gasteiger partial charge is 0.332 e. The lowest BCUT2D eigenvalue weighted by Gasteiger charge is -2.36. The zero-order chi connectivity index (χ0) is 21.2. The lowest BCUT2D eigenvalue weighted by molar-refractivity contribution is -0.137. The lowest BCUT2D eigenvalue weighted by Crippen LogP contribution is -2.46. The second-order valence-corrected chi connectivity index (χ2v) is 10.4. The number of carbonyl (C=O) groups is 1. The van der Waals surface area contributed by atoms with Gasteiger partial charge in [-0.05, 0) is 38.5 Å². The molecule has 6 nitrogen and oxygen atoms in total. The van der Waals surface area contributed by atoms with E-state index in [0.29, 0.717) is 17.9 Å². The molecule has 0 bridgehead atoms.